The van der Waals surface area contributed by atoms with Crippen LogP contribution in [0.5, 0.6) is 0 Å². The number of nitrogen functional groups attached to an aromatic ring is 1. The molecule has 0 fully saturated rings. The number of aromatic nitrogens is 4. The van der Waals surface area contributed by atoms with E-state index in [-0.39, 0.29) is 23.8 Å². The quantitative estimate of drug-likeness (QED) is 0.401. The lowest BCUT2D eigenvalue weighted by Crippen LogP contribution is -2.16. The summed E-state index contributed by atoms with van der Waals surface area (Å²) in [5.41, 5.74) is 7.35. The van der Waals surface area contributed by atoms with Crippen LogP contribution < -0.4 is 5.73 Å². The summed E-state index contributed by atoms with van der Waals surface area (Å²) in [6, 6.07) is 6.48. The average Bonchev–Trinajstić information content (AvgIpc) is 2.81. The van der Waals surface area contributed by atoms with Gasteiger partial charge in [0.2, 0.25) is 3.83 Å². The lowest BCUT2D eigenvalue weighted by atomic mass is 10.1. The molecule has 0 saturated heterocycles. The van der Waals surface area contributed by atoms with Gasteiger partial charge in [-0.3, -0.25) is 5.41 Å². The smallest absolute Gasteiger partial charge is 0.212 e. The Kier molecular flexibility index (Phi) is 3.53. The molecule has 0 saturated carbocycles. The summed E-state index contributed by atoms with van der Waals surface area (Å²) in [6.07, 6.45) is 1.80. The first-order valence-electron chi connectivity index (χ1n) is 6.04. The van der Waals surface area contributed by atoms with Crippen molar-refractivity contribution in [3.63, 3.8) is 0 Å². The number of hydrogen-bond donors (Lipinski definition) is 2. The number of nitrogens with zero attached hydrogens (tertiary/aromatic N) is 4. The van der Waals surface area contributed by atoms with E-state index in [2.05, 4.69) is 15.1 Å². The second-order valence-corrected chi connectivity index (χ2v) is 5.37. The molecule has 0 radical (unpaired) electrons. The number of rotatable bonds is 3. The van der Waals surface area contributed by atoms with Crippen LogP contribution in [0.3, 0.4) is 0 Å². The number of fused-ring (bicyclic) bond motifs is 1. The minimum Gasteiger partial charge on any atom is -0.382 e. The van der Waals surface area contributed by atoms with Gasteiger partial charge in [-0.05, 0) is 11.6 Å². The van der Waals surface area contributed by atoms with E-state index in [0.29, 0.717) is 20.7 Å². The highest BCUT2D eigenvalue weighted by Crippen LogP contribution is 2.16. The summed E-state index contributed by atoms with van der Waals surface area (Å²) in [5, 5.41) is 11.7. The number of benzene rings is 1. The third kappa shape index (κ3) is 2.71. The number of nitrogens with two attached hydrogens (primary N) is 1. The minimum atomic E-state index is -0.306. The Hall–Kier alpha value is -2.10. The second-order valence-electron chi connectivity index (χ2n) is 4.40. The molecule has 8 heteroatoms. The Morgan fingerprint density at radius 2 is 2.10 bits per heavy atom. The molecule has 3 aromatic rings. The maximum absolute atomic E-state index is 13.8. The van der Waals surface area contributed by atoms with Gasteiger partial charge in [-0.2, -0.15) is 0 Å². The average molecular weight is 396 g/mol. The molecule has 2 aromatic heterocycles. The minimum absolute atomic E-state index is 0.169. The zero-order valence-corrected chi connectivity index (χ0v) is 12.9. The van der Waals surface area contributed by atoms with E-state index in [4.69, 9.17) is 11.1 Å². The highest BCUT2D eigenvalue weighted by molar-refractivity contribution is 14.1. The number of nitrogens with one attached hydrogen (secondary N) is 1. The first-order valence-corrected chi connectivity index (χ1v) is 7.12. The first-order chi connectivity index (χ1) is 10.0. The lowest BCUT2D eigenvalue weighted by Gasteiger charge is -2.06. The van der Waals surface area contributed by atoms with Crippen LogP contribution in [0.1, 0.15) is 17.0 Å². The van der Waals surface area contributed by atoms with Crippen LogP contribution in [0.25, 0.3) is 5.65 Å². The Balaban J connectivity index is 2.16. The van der Waals surface area contributed by atoms with Crippen molar-refractivity contribution in [3.05, 3.63) is 57.1 Å². The van der Waals surface area contributed by atoms with Gasteiger partial charge in [-0.1, -0.05) is 18.2 Å². The molecule has 6 nitrogen and oxygen atoms in total. The number of halogens is 2. The van der Waals surface area contributed by atoms with Crippen molar-refractivity contribution in [1.29, 1.82) is 5.41 Å². The van der Waals surface area contributed by atoms with Crippen molar-refractivity contribution in [3.8, 4) is 0 Å². The van der Waals surface area contributed by atoms with Crippen LogP contribution in [0.15, 0.2) is 30.5 Å². The topological polar surface area (TPSA) is 93.0 Å². The van der Waals surface area contributed by atoms with Gasteiger partial charge in [0, 0.05) is 29.0 Å². The van der Waals surface area contributed by atoms with E-state index in [1.54, 1.807) is 18.2 Å². The Labute approximate surface area is 132 Å². The molecule has 3 N–H and O–H groups in total. The van der Waals surface area contributed by atoms with Crippen LogP contribution in [0.2, 0.25) is 0 Å². The standard InChI is InChI=1S/C13H10FIN6/c14-8-4-2-1-3-7(8)5-9-12-19-13(15)20-21(12)6-10(18-9)11(16)17/h1-4,6H,5H2,(H3,16,17). The summed E-state index contributed by atoms with van der Waals surface area (Å²) in [7, 11) is 0. The highest BCUT2D eigenvalue weighted by Gasteiger charge is 2.14. The fraction of sp³-hybridized carbons (Fsp3) is 0.0769. The van der Waals surface area contributed by atoms with Crippen molar-refractivity contribution in [1.82, 2.24) is 19.6 Å². The summed E-state index contributed by atoms with van der Waals surface area (Å²) >= 11 is 1.99. The lowest BCUT2D eigenvalue weighted by molar-refractivity contribution is 0.613. The molecule has 3 rings (SSSR count). The van der Waals surface area contributed by atoms with E-state index in [1.165, 1.54) is 16.8 Å². The van der Waals surface area contributed by atoms with Gasteiger partial charge < -0.3 is 5.73 Å². The SMILES string of the molecule is N=C(N)c1cn2nc(I)nc2c(Cc2ccccc2F)n1. The molecule has 21 heavy (non-hydrogen) atoms. The normalized spacial score (nSPS) is 11.0. The van der Waals surface area contributed by atoms with Crippen molar-refractivity contribution in [2.75, 3.05) is 0 Å². The predicted octanol–water partition coefficient (Wildman–Crippen LogP) is 1.74. The van der Waals surface area contributed by atoms with Gasteiger partial charge in [0.15, 0.2) is 5.65 Å². The molecule has 1 aromatic carbocycles. The van der Waals surface area contributed by atoms with E-state index in [1.807, 2.05) is 22.6 Å². The van der Waals surface area contributed by atoms with Crippen LogP contribution >= 0.6 is 22.6 Å². The molecule has 0 unspecified atom stereocenters. The third-order valence-electron chi connectivity index (χ3n) is 2.96. The number of amidine groups is 1. The van der Waals surface area contributed by atoms with Crippen LogP contribution in [-0.2, 0) is 6.42 Å². The molecule has 0 atom stereocenters. The summed E-state index contributed by atoms with van der Waals surface area (Å²) < 4.78 is 15.9. The van der Waals surface area contributed by atoms with Crippen molar-refractivity contribution < 1.29 is 4.39 Å². The molecule has 0 bridgehead atoms. The zero-order valence-electron chi connectivity index (χ0n) is 10.7. The van der Waals surface area contributed by atoms with Gasteiger partial charge in [-0.15, -0.1) is 5.10 Å². The van der Waals surface area contributed by atoms with Gasteiger partial charge in [0.25, 0.3) is 0 Å². The summed E-state index contributed by atoms with van der Waals surface area (Å²) in [6.45, 7) is 0. The van der Waals surface area contributed by atoms with Crippen molar-refractivity contribution >= 4 is 34.1 Å². The van der Waals surface area contributed by atoms with Gasteiger partial charge in [0.05, 0.1) is 11.9 Å². The fourth-order valence-electron chi connectivity index (χ4n) is 1.99. The predicted molar refractivity (Wildman–Crippen MR) is 83.7 cm³/mol. The van der Waals surface area contributed by atoms with E-state index in [9.17, 15) is 4.39 Å². The Bertz CT molecular complexity index is 844. The monoisotopic (exact) mass is 396 g/mol. The summed E-state index contributed by atoms with van der Waals surface area (Å²) in [4.78, 5) is 8.59. The molecule has 0 aliphatic carbocycles. The maximum Gasteiger partial charge on any atom is 0.212 e. The molecular weight excluding hydrogens is 386 g/mol. The zero-order chi connectivity index (χ0) is 15.0. The molecule has 0 spiro atoms. The van der Waals surface area contributed by atoms with Crippen LogP contribution in [0, 0.1) is 15.1 Å². The molecule has 0 aliphatic rings. The number of hydrogen-bond acceptors (Lipinski definition) is 4. The Morgan fingerprint density at radius 3 is 2.81 bits per heavy atom. The van der Waals surface area contributed by atoms with Gasteiger partial charge >= 0.3 is 0 Å². The second kappa shape index (κ2) is 5.35. The highest BCUT2D eigenvalue weighted by atomic mass is 127. The van der Waals surface area contributed by atoms with Crippen molar-refractivity contribution in [2.45, 2.75) is 6.42 Å². The van der Waals surface area contributed by atoms with Crippen LogP contribution in [0.4, 0.5) is 4.39 Å². The van der Waals surface area contributed by atoms with E-state index >= 15 is 0 Å². The Morgan fingerprint density at radius 1 is 1.33 bits per heavy atom. The van der Waals surface area contributed by atoms with E-state index < -0.39 is 0 Å². The molecule has 0 aliphatic heterocycles. The van der Waals surface area contributed by atoms with Crippen molar-refractivity contribution in [2.24, 2.45) is 5.73 Å². The molecule has 106 valence electrons. The molecular formula is C13H10FIN6. The molecule has 0 amide bonds. The van der Waals surface area contributed by atoms with Gasteiger partial charge in [0.1, 0.15) is 17.3 Å². The first kappa shape index (κ1) is 13.9. The van der Waals surface area contributed by atoms with Crippen LogP contribution in [-0.4, -0.2) is 25.4 Å². The van der Waals surface area contributed by atoms with E-state index in [0.717, 1.165) is 0 Å². The largest absolute Gasteiger partial charge is 0.382 e. The maximum atomic E-state index is 13.8. The third-order valence-corrected chi connectivity index (χ3v) is 3.41. The molecule has 2 heterocycles. The fourth-order valence-corrected chi connectivity index (χ4v) is 2.46. The van der Waals surface area contributed by atoms with Gasteiger partial charge in [-0.25, -0.2) is 18.9 Å². The summed E-state index contributed by atoms with van der Waals surface area (Å²) in [5.74, 6) is -0.475.